The molecule has 0 heterocycles. The van der Waals surface area contributed by atoms with Gasteiger partial charge in [0.05, 0.1) is 25.0 Å². The number of nitrogens with two attached hydrogens (primary N) is 2. The number of ether oxygens (including phenoxy) is 1. The largest absolute Gasteiger partial charge is 0.467 e. The molecular weight excluding hydrogens is 462 g/mol. The van der Waals surface area contributed by atoms with E-state index in [4.69, 9.17) is 16.2 Å². The van der Waals surface area contributed by atoms with Gasteiger partial charge in [0.25, 0.3) is 5.91 Å². The molecule has 0 bridgehead atoms. The molecule has 6 N–H and O–H groups in total. The van der Waals surface area contributed by atoms with E-state index in [1.807, 2.05) is 30.3 Å². The predicted octanol–water partition coefficient (Wildman–Crippen LogP) is 1.97. The molecule has 0 aliphatic heterocycles. The Hall–Kier alpha value is -3.99. The Labute approximate surface area is 203 Å². The van der Waals surface area contributed by atoms with Crippen LogP contribution >= 0.6 is 12.4 Å². The Morgan fingerprint density at radius 1 is 0.971 bits per heavy atom. The summed E-state index contributed by atoms with van der Waals surface area (Å²) >= 11 is 0. The molecule has 0 unspecified atom stereocenters. The number of azo groups is 1. The number of carbonyl (C=O) groups is 3. The van der Waals surface area contributed by atoms with Gasteiger partial charge in [0.1, 0.15) is 6.04 Å². The summed E-state index contributed by atoms with van der Waals surface area (Å²) < 4.78 is 4.70. The van der Waals surface area contributed by atoms with Crippen molar-refractivity contribution in [3.8, 4) is 0 Å². The van der Waals surface area contributed by atoms with Gasteiger partial charge < -0.3 is 26.8 Å². The molecular formula is C22H28ClN7O4. The fourth-order valence-electron chi connectivity index (χ4n) is 2.69. The average molecular weight is 490 g/mol. The fraction of sp³-hybridized carbons (Fsp3) is 0.273. The van der Waals surface area contributed by atoms with E-state index in [-0.39, 0.29) is 31.3 Å². The number of benzene rings is 2. The second kappa shape index (κ2) is 15.0. The summed E-state index contributed by atoms with van der Waals surface area (Å²) in [5.41, 5.74) is 12.2. The van der Waals surface area contributed by atoms with Crippen LogP contribution in [0.2, 0.25) is 0 Å². The van der Waals surface area contributed by atoms with E-state index in [1.165, 1.54) is 7.11 Å². The van der Waals surface area contributed by atoms with Crippen LogP contribution in [0.4, 0.5) is 11.4 Å². The maximum absolute atomic E-state index is 12.3. The van der Waals surface area contributed by atoms with E-state index in [1.54, 1.807) is 24.3 Å². The zero-order valence-electron chi connectivity index (χ0n) is 18.6. The first-order valence-corrected chi connectivity index (χ1v) is 10.2. The lowest BCUT2D eigenvalue weighted by Crippen LogP contribution is -2.46. The van der Waals surface area contributed by atoms with Crippen LogP contribution in [0.25, 0.3) is 0 Å². The van der Waals surface area contributed by atoms with Crippen molar-refractivity contribution in [2.75, 3.05) is 20.2 Å². The number of hydrogen-bond acceptors (Lipinski definition) is 7. The van der Waals surface area contributed by atoms with E-state index in [9.17, 15) is 14.4 Å². The van der Waals surface area contributed by atoms with Crippen molar-refractivity contribution in [1.82, 2.24) is 10.6 Å². The number of aliphatic imine (C=N–C) groups is 1. The second-order valence-electron chi connectivity index (χ2n) is 6.86. The van der Waals surface area contributed by atoms with Crippen LogP contribution in [0, 0.1) is 0 Å². The summed E-state index contributed by atoms with van der Waals surface area (Å²) in [4.78, 5) is 40.2. The highest BCUT2D eigenvalue weighted by molar-refractivity contribution is 5.97. The first kappa shape index (κ1) is 28.0. The third kappa shape index (κ3) is 10.1. The highest BCUT2D eigenvalue weighted by Gasteiger charge is 2.21. The normalized spacial score (nSPS) is 11.1. The summed E-state index contributed by atoms with van der Waals surface area (Å²) in [5.74, 6) is -1.63. The number of hydrogen-bond donors (Lipinski definition) is 4. The molecule has 2 rings (SSSR count). The maximum Gasteiger partial charge on any atom is 0.328 e. The quantitative estimate of drug-likeness (QED) is 0.123. The molecule has 0 fully saturated rings. The van der Waals surface area contributed by atoms with E-state index >= 15 is 0 Å². The van der Waals surface area contributed by atoms with E-state index in [0.717, 1.165) is 0 Å². The molecule has 0 aromatic heterocycles. The lowest BCUT2D eigenvalue weighted by molar-refractivity contribution is -0.145. The number of rotatable bonds is 11. The first-order valence-electron chi connectivity index (χ1n) is 10.2. The van der Waals surface area contributed by atoms with E-state index in [0.29, 0.717) is 29.9 Å². The Morgan fingerprint density at radius 3 is 2.18 bits per heavy atom. The summed E-state index contributed by atoms with van der Waals surface area (Å²) in [6.07, 6.45) is 0.737. The molecule has 11 nitrogen and oxygen atoms in total. The second-order valence-corrected chi connectivity index (χ2v) is 6.86. The Morgan fingerprint density at radius 2 is 1.59 bits per heavy atom. The van der Waals surface area contributed by atoms with Crippen molar-refractivity contribution in [1.29, 1.82) is 0 Å². The number of nitrogens with one attached hydrogen (secondary N) is 2. The van der Waals surface area contributed by atoms with Crippen LogP contribution in [-0.2, 0) is 14.3 Å². The number of halogens is 1. The van der Waals surface area contributed by atoms with Gasteiger partial charge in [0, 0.05) is 12.1 Å². The number of nitrogens with zero attached hydrogens (tertiary/aromatic N) is 3. The summed E-state index contributed by atoms with van der Waals surface area (Å²) in [6.45, 7) is -0.000953. The van der Waals surface area contributed by atoms with Gasteiger partial charge >= 0.3 is 5.97 Å². The molecule has 34 heavy (non-hydrogen) atoms. The number of carbonyl (C=O) groups excluding carboxylic acids is 3. The summed E-state index contributed by atoms with van der Waals surface area (Å²) in [6, 6.07) is 14.8. The molecule has 0 aliphatic carbocycles. The van der Waals surface area contributed by atoms with Gasteiger partial charge in [-0.15, -0.1) is 12.4 Å². The molecule has 182 valence electrons. The van der Waals surface area contributed by atoms with Gasteiger partial charge in [0.2, 0.25) is 5.91 Å². The van der Waals surface area contributed by atoms with Crippen LogP contribution in [0.15, 0.2) is 69.8 Å². The van der Waals surface area contributed by atoms with Crippen LogP contribution in [0.1, 0.15) is 23.2 Å². The fourth-order valence-corrected chi connectivity index (χ4v) is 2.69. The Balaban J connectivity index is 0.00000578. The minimum absolute atomic E-state index is 0. The highest BCUT2D eigenvalue weighted by Crippen LogP contribution is 2.18. The Bertz CT molecular complexity index is 994. The van der Waals surface area contributed by atoms with Crippen molar-refractivity contribution >= 4 is 47.5 Å². The van der Waals surface area contributed by atoms with Gasteiger partial charge in [-0.25, -0.2) is 4.79 Å². The lowest BCUT2D eigenvalue weighted by Gasteiger charge is -2.16. The molecule has 1 atom stereocenters. The van der Waals surface area contributed by atoms with Crippen molar-refractivity contribution in [2.45, 2.75) is 18.9 Å². The SMILES string of the molecule is COC(=O)[C@H](CCCN=C(N)N)NC(=O)CNC(=O)c1ccc(N=Nc2ccccc2)cc1.Cl. The van der Waals surface area contributed by atoms with Crippen LogP contribution in [-0.4, -0.2) is 50.0 Å². The molecule has 2 aromatic carbocycles. The van der Waals surface area contributed by atoms with E-state index < -0.39 is 23.8 Å². The molecule has 0 spiro atoms. The molecule has 0 saturated heterocycles. The molecule has 0 aliphatic rings. The molecule has 0 radical (unpaired) electrons. The zero-order chi connectivity index (χ0) is 24.1. The smallest absolute Gasteiger partial charge is 0.328 e. The first-order chi connectivity index (χ1) is 15.9. The number of methoxy groups -OCH3 is 1. The number of amides is 2. The third-order valence-corrected chi connectivity index (χ3v) is 4.34. The maximum atomic E-state index is 12.3. The van der Waals surface area contributed by atoms with Crippen molar-refractivity contribution in [2.24, 2.45) is 26.7 Å². The van der Waals surface area contributed by atoms with Gasteiger partial charge in [0.15, 0.2) is 5.96 Å². The van der Waals surface area contributed by atoms with Gasteiger partial charge in [-0.1, -0.05) is 18.2 Å². The molecule has 0 saturated carbocycles. The zero-order valence-corrected chi connectivity index (χ0v) is 19.5. The summed E-state index contributed by atoms with van der Waals surface area (Å²) in [7, 11) is 1.22. The topological polar surface area (TPSA) is 174 Å². The van der Waals surface area contributed by atoms with Gasteiger partial charge in [-0.3, -0.25) is 14.6 Å². The van der Waals surface area contributed by atoms with Crippen molar-refractivity contribution < 1.29 is 19.1 Å². The average Bonchev–Trinajstić information content (AvgIpc) is 2.83. The minimum atomic E-state index is -0.872. The lowest BCUT2D eigenvalue weighted by atomic mass is 10.1. The highest BCUT2D eigenvalue weighted by atomic mass is 35.5. The van der Waals surface area contributed by atoms with Crippen LogP contribution in [0.3, 0.4) is 0 Å². The van der Waals surface area contributed by atoms with Gasteiger partial charge in [-0.05, 0) is 49.2 Å². The number of esters is 1. The van der Waals surface area contributed by atoms with Crippen LogP contribution < -0.4 is 22.1 Å². The minimum Gasteiger partial charge on any atom is -0.467 e. The van der Waals surface area contributed by atoms with Crippen molar-refractivity contribution in [3.05, 3.63) is 60.2 Å². The predicted molar refractivity (Wildman–Crippen MR) is 130 cm³/mol. The van der Waals surface area contributed by atoms with Gasteiger partial charge in [-0.2, -0.15) is 10.2 Å². The Kier molecular flexibility index (Phi) is 12.3. The van der Waals surface area contributed by atoms with Crippen molar-refractivity contribution in [3.63, 3.8) is 0 Å². The number of guanidine groups is 1. The van der Waals surface area contributed by atoms with Crippen LogP contribution in [0.5, 0.6) is 0 Å². The molecule has 2 amide bonds. The standard InChI is InChI=1S/C22H27N7O4.ClH/c1-33-21(32)18(8-5-13-25-22(23)24)27-19(30)14-26-20(31)15-9-11-17(12-10-15)29-28-16-6-3-2-4-7-16;/h2-4,6-7,9-12,18H,5,8,13-14H2,1H3,(H,26,31)(H,27,30)(H4,23,24,25);1H/t18-;/m0./s1. The molecule has 2 aromatic rings. The monoisotopic (exact) mass is 489 g/mol. The summed E-state index contributed by atoms with van der Waals surface area (Å²) in [5, 5.41) is 13.3. The molecule has 12 heteroatoms. The van der Waals surface area contributed by atoms with E-state index in [2.05, 4.69) is 25.9 Å². The third-order valence-electron chi connectivity index (χ3n) is 4.34.